The molecule has 4 nitrogen and oxygen atoms in total. The molecule has 1 saturated heterocycles. The van der Waals surface area contributed by atoms with E-state index in [0.717, 1.165) is 31.6 Å². The summed E-state index contributed by atoms with van der Waals surface area (Å²) < 4.78 is 5.43. The Morgan fingerprint density at radius 3 is 2.94 bits per heavy atom. The van der Waals surface area contributed by atoms with Crippen molar-refractivity contribution >= 4 is 23.7 Å². The number of thiazole rings is 1. The molecule has 0 aliphatic carbocycles. The van der Waals surface area contributed by atoms with Crippen LogP contribution in [-0.4, -0.2) is 42.2 Å². The highest BCUT2D eigenvalue weighted by Crippen LogP contribution is 2.22. The highest BCUT2D eigenvalue weighted by atomic mass is 35.5. The third-order valence-electron chi connectivity index (χ3n) is 3.40. The van der Waals surface area contributed by atoms with Crippen molar-refractivity contribution in [3.8, 4) is 0 Å². The molecule has 0 bridgehead atoms. The molecule has 2 heterocycles. The number of aromatic nitrogens is 1. The van der Waals surface area contributed by atoms with Crippen LogP contribution in [0.2, 0.25) is 0 Å². The molecule has 1 aromatic rings. The third-order valence-corrected chi connectivity index (χ3v) is 4.35. The first-order valence-corrected chi connectivity index (χ1v) is 6.98. The number of aryl methyl sites for hydroxylation is 1. The van der Waals surface area contributed by atoms with Crippen LogP contribution in [0.5, 0.6) is 0 Å². The lowest BCUT2D eigenvalue weighted by Crippen LogP contribution is -2.47. The van der Waals surface area contributed by atoms with E-state index in [9.17, 15) is 0 Å². The lowest BCUT2D eigenvalue weighted by atomic mass is 9.99. The zero-order chi connectivity index (χ0) is 12.3. The predicted octanol–water partition coefficient (Wildman–Crippen LogP) is 1.81. The normalized spacial score (nSPS) is 24.8. The maximum absolute atomic E-state index is 5.86. The van der Waals surface area contributed by atoms with Crippen molar-refractivity contribution in [1.82, 2.24) is 9.88 Å². The number of rotatable bonds is 4. The van der Waals surface area contributed by atoms with Gasteiger partial charge in [-0.05, 0) is 19.8 Å². The molecule has 1 aromatic heterocycles. The van der Waals surface area contributed by atoms with Crippen molar-refractivity contribution in [2.45, 2.75) is 38.5 Å². The lowest BCUT2D eigenvalue weighted by Gasteiger charge is -2.37. The van der Waals surface area contributed by atoms with Crippen molar-refractivity contribution in [3.05, 3.63) is 16.1 Å². The van der Waals surface area contributed by atoms with E-state index in [0.29, 0.717) is 18.7 Å². The molecular weight excluding hydrogens is 270 g/mol. The van der Waals surface area contributed by atoms with Gasteiger partial charge < -0.3 is 10.5 Å². The van der Waals surface area contributed by atoms with E-state index in [-0.39, 0.29) is 12.4 Å². The fourth-order valence-corrected chi connectivity index (χ4v) is 3.18. The van der Waals surface area contributed by atoms with Crippen molar-refractivity contribution < 1.29 is 4.74 Å². The minimum atomic E-state index is 0. The second kappa shape index (κ2) is 7.40. The molecule has 2 atom stereocenters. The SMILES string of the molecule is COC1CCN(Cc2nc(C)cs2)C(CN)C1.Cl. The summed E-state index contributed by atoms with van der Waals surface area (Å²) in [5.74, 6) is 0. The van der Waals surface area contributed by atoms with Gasteiger partial charge in [0.1, 0.15) is 5.01 Å². The summed E-state index contributed by atoms with van der Waals surface area (Å²) in [5.41, 5.74) is 6.97. The number of hydrogen-bond donors (Lipinski definition) is 1. The minimum absolute atomic E-state index is 0. The summed E-state index contributed by atoms with van der Waals surface area (Å²) in [5, 5.41) is 3.30. The maximum atomic E-state index is 5.86. The average molecular weight is 292 g/mol. The second-order valence-electron chi connectivity index (χ2n) is 4.62. The highest BCUT2D eigenvalue weighted by molar-refractivity contribution is 7.09. The van der Waals surface area contributed by atoms with Crippen molar-refractivity contribution in [1.29, 1.82) is 0 Å². The molecule has 1 aliphatic heterocycles. The van der Waals surface area contributed by atoms with Crippen LogP contribution >= 0.6 is 23.7 Å². The van der Waals surface area contributed by atoms with Gasteiger partial charge in [0.05, 0.1) is 12.6 Å². The molecule has 0 radical (unpaired) electrons. The quantitative estimate of drug-likeness (QED) is 0.919. The van der Waals surface area contributed by atoms with Crippen LogP contribution in [0.4, 0.5) is 0 Å². The zero-order valence-corrected chi connectivity index (χ0v) is 12.6. The Bertz CT molecular complexity index is 361. The summed E-state index contributed by atoms with van der Waals surface area (Å²) in [4.78, 5) is 6.96. The van der Waals surface area contributed by atoms with Gasteiger partial charge in [-0.15, -0.1) is 23.7 Å². The summed E-state index contributed by atoms with van der Waals surface area (Å²) in [7, 11) is 1.79. The molecule has 18 heavy (non-hydrogen) atoms. The number of hydrogen-bond acceptors (Lipinski definition) is 5. The first-order valence-electron chi connectivity index (χ1n) is 6.11. The monoisotopic (exact) mass is 291 g/mol. The first kappa shape index (κ1) is 15.9. The van der Waals surface area contributed by atoms with Crippen LogP contribution in [0.15, 0.2) is 5.38 Å². The van der Waals surface area contributed by atoms with Gasteiger partial charge in [-0.2, -0.15) is 0 Å². The Balaban J connectivity index is 0.00000162. The van der Waals surface area contributed by atoms with Crippen LogP contribution in [0.25, 0.3) is 0 Å². The molecule has 104 valence electrons. The van der Waals surface area contributed by atoms with E-state index in [1.807, 2.05) is 6.92 Å². The predicted molar refractivity (Wildman–Crippen MR) is 77.4 cm³/mol. The van der Waals surface area contributed by atoms with Gasteiger partial charge in [-0.1, -0.05) is 0 Å². The van der Waals surface area contributed by atoms with Crippen molar-refractivity contribution in [3.63, 3.8) is 0 Å². The Hall–Kier alpha value is -0.200. The van der Waals surface area contributed by atoms with E-state index in [1.54, 1.807) is 18.4 Å². The Kier molecular flexibility index (Phi) is 6.52. The molecule has 6 heteroatoms. The van der Waals surface area contributed by atoms with E-state index < -0.39 is 0 Å². The van der Waals surface area contributed by atoms with Crippen LogP contribution in [0, 0.1) is 6.92 Å². The Morgan fingerprint density at radius 2 is 2.39 bits per heavy atom. The van der Waals surface area contributed by atoms with Gasteiger partial charge in [-0.3, -0.25) is 4.90 Å². The number of halogens is 1. The van der Waals surface area contributed by atoms with Gasteiger partial charge in [-0.25, -0.2) is 4.98 Å². The fraction of sp³-hybridized carbons (Fsp3) is 0.750. The molecule has 0 saturated carbocycles. The van der Waals surface area contributed by atoms with Gasteiger partial charge in [0.15, 0.2) is 0 Å². The molecule has 0 spiro atoms. The topological polar surface area (TPSA) is 51.4 Å². The summed E-state index contributed by atoms with van der Waals surface area (Å²) >= 11 is 1.74. The number of nitrogens with two attached hydrogens (primary N) is 1. The zero-order valence-electron chi connectivity index (χ0n) is 11.0. The number of piperidine rings is 1. The minimum Gasteiger partial charge on any atom is -0.381 e. The Morgan fingerprint density at radius 1 is 1.61 bits per heavy atom. The standard InChI is InChI=1S/C12H21N3OS.ClH/c1-9-8-17-12(14-9)7-15-4-3-11(16-2)5-10(15)6-13;/h8,10-11H,3-7,13H2,1-2H3;1H. The van der Waals surface area contributed by atoms with E-state index in [4.69, 9.17) is 10.5 Å². The van der Waals surface area contributed by atoms with E-state index >= 15 is 0 Å². The average Bonchev–Trinajstić information content (AvgIpc) is 2.75. The smallest absolute Gasteiger partial charge is 0.107 e. The maximum Gasteiger partial charge on any atom is 0.107 e. The van der Waals surface area contributed by atoms with Crippen molar-refractivity contribution in [2.24, 2.45) is 5.73 Å². The largest absolute Gasteiger partial charge is 0.381 e. The third kappa shape index (κ3) is 3.90. The molecular formula is C12H22ClN3OS. The van der Waals surface area contributed by atoms with Crippen LogP contribution < -0.4 is 5.73 Å². The van der Waals surface area contributed by atoms with Gasteiger partial charge in [0.2, 0.25) is 0 Å². The highest BCUT2D eigenvalue weighted by Gasteiger charge is 2.27. The van der Waals surface area contributed by atoms with E-state index in [2.05, 4.69) is 15.3 Å². The Labute approximate surface area is 119 Å². The summed E-state index contributed by atoms with van der Waals surface area (Å²) in [6.45, 7) is 4.72. The summed E-state index contributed by atoms with van der Waals surface area (Å²) in [6, 6.07) is 0.429. The number of methoxy groups -OCH3 is 1. The van der Waals surface area contributed by atoms with Gasteiger partial charge in [0, 0.05) is 37.3 Å². The number of ether oxygens (including phenoxy) is 1. The van der Waals surface area contributed by atoms with Gasteiger partial charge >= 0.3 is 0 Å². The fourth-order valence-electron chi connectivity index (χ4n) is 2.38. The van der Waals surface area contributed by atoms with Crippen molar-refractivity contribution in [2.75, 3.05) is 20.2 Å². The molecule has 2 unspecified atom stereocenters. The van der Waals surface area contributed by atoms with Crippen LogP contribution in [-0.2, 0) is 11.3 Å². The molecule has 2 rings (SSSR count). The van der Waals surface area contributed by atoms with Crippen LogP contribution in [0.1, 0.15) is 23.5 Å². The molecule has 2 N–H and O–H groups in total. The number of nitrogens with zero attached hydrogens (tertiary/aromatic N) is 2. The van der Waals surface area contributed by atoms with Crippen LogP contribution in [0.3, 0.4) is 0 Å². The first-order chi connectivity index (χ1) is 8.22. The van der Waals surface area contributed by atoms with E-state index in [1.165, 1.54) is 5.01 Å². The molecule has 0 amide bonds. The molecule has 1 aliphatic rings. The summed E-state index contributed by atoms with van der Waals surface area (Å²) in [6.07, 6.45) is 2.51. The second-order valence-corrected chi connectivity index (χ2v) is 5.57. The number of likely N-dealkylation sites (tertiary alicyclic amines) is 1. The van der Waals surface area contributed by atoms with Gasteiger partial charge in [0.25, 0.3) is 0 Å². The molecule has 1 fully saturated rings. The molecule has 0 aromatic carbocycles. The lowest BCUT2D eigenvalue weighted by molar-refractivity contribution is 0.0102.